The van der Waals surface area contributed by atoms with Crippen molar-refractivity contribution in [3.05, 3.63) is 0 Å². The van der Waals surface area contributed by atoms with Crippen molar-refractivity contribution in [2.75, 3.05) is 6.61 Å². The van der Waals surface area contributed by atoms with E-state index in [9.17, 15) is 0 Å². The van der Waals surface area contributed by atoms with Crippen molar-refractivity contribution in [1.29, 1.82) is 0 Å². The summed E-state index contributed by atoms with van der Waals surface area (Å²) in [7, 11) is 0.417. The van der Waals surface area contributed by atoms with Crippen LogP contribution in [0.2, 0.25) is 13.1 Å². The molecule has 1 atom stereocenters. The fourth-order valence-electron chi connectivity index (χ4n) is 0.304. The van der Waals surface area contributed by atoms with E-state index in [1.54, 1.807) is 0 Å². The van der Waals surface area contributed by atoms with Crippen LogP contribution in [0.3, 0.4) is 0 Å². The number of hydrogen-bond donors (Lipinski definition) is 0. The van der Waals surface area contributed by atoms with Crippen LogP contribution in [-0.4, -0.2) is 22.2 Å². The normalized spacial score (nSPS) is 23.6. The highest BCUT2D eigenvalue weighted by molar-refractivity contribution is 6.31. The standard InChI is InChI=1S/C4H8O.C2H8Si/c1-2-4-3-5-4;1-3-2/h4H,2-3H2,1H3;3H2,1-2H3. The van der Waals surface area contributed by atoms with Gasteiger partial charge in [0.2, 0.25) is 0 Å². The molecule has 0 aromatic heterocycles. The zero-order valence-corrected chi connectivity index (χ0v) is 7.52. The van der Waals surface area contributed by atoms with Gasteiger partial charge < -0.3 is 4.74 Å². The maximum absolute atomic E-state index is 4.86. The molecule has 0 amide bonds. The summed E-state index contributed by atoms with van der Waals surface area (Å²) in [6.45, 7) is 7.67. The predicted octanol–water partition coefficient (Wildman–Crippen LogP) is 1.05. The molecule has 1 aliphatic heterocycles. The molecule has 1 saturated heterocycles. The zero-order valence-electron chi connectivity index (χ0n) is 6.11. The summed E-state index contributed by atoms with van der Waals surface area (Å²) in [5, 5.41) is 0. The van der Waals surface area contributed by atoms with Crippen LogP contribution in [0.5, 0.6) is 0 Å². The molecule has 0 aromatic rings. The summed E-state index contributed by atoms with van der Waals surface area (Å²) >= 11 is 0. The molecule has 1 heterocycles. The minimum atomic E-state index is 0.417. The fourth-order valence-corrected chi connectivity index (χ4v) is 0.304. The van der Waals surface area contributed by atoms with Gasteiger partial charge in [-0.25, -0.2) is 0 Å². The van der Waals surface area contributed by atoms with Gasteiger partial charge in [-0.1, -0.05) is 20.0 Å². The lowest BCUT2D eigenvalue weighted by Crippen LogP contribution is -1.73. The molecule has 50 valence electrons. The molecule has 0 N–H and O–H groups in total. The zero-order chi connectivity index (χ0) is 6.41. The van der Waals surface area contributed by atoms with Crippen molar-refractivity contribution >= 4 is 9.52 Å². The summed E-state index contributed by atoms with van der Waals surface area (Å²) in [4.78, 5) is 0. The van der Waals surface area contributed by atoms with Gasteiger partial charge in [-0.05, 0) is 6.42 Å². The Balaban J connectivity index is 0.000000145. The Morgan fingerprint density at radius 3 is 2.00 bits per heavy atom. The SMILES string of the molecule is CCC1CO1.C[SiH2]C. The smallest absolute Gasteiger partial charge is 0.0807 e. The van der Waals surface area contributed by atoms with E-state index < -0.39 is 0 Å². The summed E-state index contributed by atoms with van der Waals surface area (Å²) in [6.07, 6.45) is 1.83. The maximum atomic E-state index is 4.86. The third-order valence-corrected chi connectivity index (χ3v) is 0.858. The largest absolute Gasteiger partial charge is 0.373 e. The Kier molecular flexibility index (Phi) is 5.43. The molecular weight excluding hydrogens is 116 g/mol. The van der Waals surface area contributed by atoms with Crippen molar-refractivity contribution in [2.45, 2.75) is 32.5 Å². The van der Waals surface area contributed by atoms with Gasteiger partial charge in [-0.3, -0.25) is 0 Å². The first-order valence-electron chi connectivity index (χ1n) is 3.46. The summed E-state index contributed by atoms with van der Waals surface area (Å²) in [5.41, 5.74) is 0. The average Bonchev–Trinajstić information content (AvgIpc) is 2.48. The predicted molar refractivity (Wildman–Crippen MR) is 40.3 cm³/mol. The van der Waals surface area contributed by atoms with E-state index in [4.69, 9.17) is 4.74 Å². The first-order valence-corrected chi connectivity index (χ1v) is 6.29. The van der Waals surface area contributed by atoms with E-state index in [1.165, 1.54) is 6.42 Å². The molecule has 1 fully saturated rings. The summed E-state index contributed by atoms with van der Waals surface area (Å²) < 4.78 is 4.86. The molecule has 1 nitrogen and oxygen atoms in total. The van der Waals surface area contributed by atoms with Crippen LogP contribution in [0.1, 0.15) is 13.3 Å². The quantitative estimate of drug-likeness (QED) is 0.384. The molecular formula is C6H16OSi. The van der Waals surface area contributed by atoms with Crippen LogP contribution in [0.4, 0.5) is 0 Å². The minimum Gasteiger partial charge on any atom is -0.373 e. The van der Waals surface area contributed by atoms with Gasteiger partial charge in [0.1, 0.15) is 0 Å². The molecule has 8 heavy (non-hydrogen) atoms. The van der Waals surface area contributed by atoms with Crippen LogP contribution in [-0.2, 0) is 4.74 Å². The number of hydrogen-bond acceptors (Lipinski definition) is 1. The van der Waals surface area contributed by atoms with E-state index >= 15 is 0 Å². The monoisotopic (exact) mass is 132 g/mol. The van der Waals surface area contributed by atoms with Crippen molar-refractivity contribution in [3.63, 3.8) is 0 Å². The molecule has 1 rings (SSSR count). The number of rotatable bonds is 1. The highest BCUT2D eigenvalue weighted by Crippen LogP contribution is 2.10. The highest BCUT2D eigenvalue weighted by atomic mass is 28.2. The molecule has 0 radical (unpaired) electrons. The molecule has 1 aliphatic rings. The van der Waals surface area contributed by atoms with E-state index in [0.717, 1.165) is 6.61 Å². The third-order valence-electron chi connectivity index (χ3n) is 0.858. The minimum absolute atomic E-state index is 0.417. The van der Waals surface area contributed by atoms with Gasteiger partial charge in [0.05, 0.1) is 12.7 Å². The van der Waals surface area contributed by atoms with E-state index in [0.29, 0.717) is 15.6 Å². The van der Waals surface area contributed by atoms with E-state index in [1.807, 2.05) is 0 Å². The van der Waals surface area contributed by atoms with Gasteiger partial charge in [0.15, 0.2) is 0 Å². The molecule has 0 saturated carbocycles. The van der Waals surface area contributed by atoms with Crippen molar-refractivity contribution in [2.24, 2.45) is 0 Å². The fraction of sp³-hybridized carbons (Fsp3) is 1.00. The summed E-state index contributed by atoms with van der Waals surface area (Å²) in [5.74, 6) is 0. The topological polar surface area (TPSA) is 12.5 Å². The van der Waals surface area contributed by atoms with Crippen LogP contribution in [0.15, 0.2) is 0 Å². The third kappa shape index (κ3) is 6.18. The van der Waals surface area contributed by atoms with Crippen LogP contribution in [0, 0.1) is 0 Å². The number of epoxide rings is 1. The van der Waals surface area contributed by atoms with Crippen LogP contribution >= 0.6 is 0 Å². The van der Waals surface area contributed by atoms with Crippen LogP contribution < -0.4 is 0 Å². The lowest BCUT2D eigenvalue weighted by molar-refractivity contribution is 0.403. The molecule has 0 bridgehead atoms. The van der Waals surface area contributed by atoms with Crippen molar-refractivity contribution < 1.29 is 4.74 Å². The molecule has 0 aliphatic carbocycles. The van der Waals surface area contributed by atoms with E-state index in [2.05, 4.69) is 20.0 Å². The van der Waals surface area contributed by atoms with Gasteiger partial charge >= 0.3 is 0 Å². The molecule has 0 aromatic carbocycles. The average molecular weight is 132 g/mol. The second-order valence-electron chi connectivity index (χ2n) is 2.07. The maximum Gasteiger partial charge on any atom is 0.0807 e. The highest BCUT2D eigenvalue weighted by Gasteiger charge is 2.18. The second-order valence-corrected chi connectivity index (χ2v) is 3.48. The molecule has 0 spiro atoms. The van der Waals surface area contributed by atoms with E-state index in [-0.39, 0.29) is 0 Å². The van der Waals surface area contributed by atoms with Gasteiger partial charge in [-0.15, -0.1) is 0 Å². The Bertz CT molecular complexity index is 43.8. The summed E-state index contributed by atoms with van der Waals surface area (Å²) in [6, 6.07) is 0. The Labute approximate surface area is 54.3 Å². The van der Waals surface area contributed by atoms with Crippen LogP contribution in [0.25, 0.3) is 0 Å². The van der Waals surface area contributed by atoms with Crippen molar-refractivity contribution in [3.8, 4) is 0 Å². The Hall–Kier alpha value is 0.177. The van der Waals surface area contributed by atoms with Gasteiger partial charge in [0.25, 0.3) is 0 Å². The van der Waals surface area contributed by atoms with Gasteiger partial charge in [-0.2, -0.15) is 0 Å². The Morgan fingerprint density at radius 1 is 1.62 bits per heavy atom. The Morgan fingerprint density at radius 2 is 2.00 bits per heavy atom. The first kappa shape index (κ1) is 8.18. The molecule has 2 heteroatoms. The number of ether oxygens (including phenoxy) is 1. The lowest BCUT2D eigenvalue weighted by atomic mass is 10.4. The second kappa shape index (κ2) is 5.32. The van der Waals surface area contributed by atoms with Gasteiger partial charge in [0, 0.05) is 9.52 Å². The lowest BCUT2D eigenvalue weighted by Gasteiger charge is -1.69. The molecule has 1 unspecified atom stereocenters. The first-order chi connectivity index (χ1) is 3.85. The van der Waals surface area contributed by atoms with Crippen molar-refractivity contribution in [1.82, 2.24) is 0 Å².